The van der Waals surface area contributed by atoms with Crippen molar-refractivity contribution in [3.05, 3.63) is 47.1 Å². The summed E-state index contributed by atoms with van der Waals surface area (Å²) in [7, 11) is 0. The minimum Gasteiger partial charge on any atom is -0.508 e. The zero-order valence-corrected chi connectivity index (χ0v) is 9.65. The first-order valence-corrected chi connectivity index (χ1v) is 5.40. The minimum atomic E-state index is 0.0344. The van der Waals surface area contributed by atoms with E-state index in [-0.39, 0.29) is 11.5 Å². The molecule has 1 aromatic heterocycles. The number of phenolic OH excluding ortho intramolecular Hbond substituents is 2. The summed E-state index contributed by atoms with van der Waals surface area (Å²) in [6.45, 7) is 0.402. The highest BCUT2D eigenvalue weighted by molar-refractivity contribution is 6.29. The maximum atomic E-state index is 9.58. The molecule has 0 spiro atoms. The van der Waals surface area contributed by atoms with E-state index in [2.05, 4.69) is 10.3 Å². The Morgan fingerprint density at radius 3 is 2.71 bits per heavy atom. The molecule has 0 saturated carbocycles. The van der Waals surface area contributed by atoms with Gasteiger partial charge in [0.25, 0.3) is 0 Å². The maximum absolute atomic E-state index is 9.58. The van der Waals surface area contributed by atoms with E-state index in [1.807, 2.05) is 0 Å². The number of pyridine rings is 1. The quantitative estimate of drug-likeness (QED) is 0.733. The lowest BCUT2D eigenvalue weighted by Gasteiger charge is -2.07. The predicted molar refractivity (Wildman–Crippen MR) is 66.3 cm³/mol. The van der Waals surface area contributed by atoms with Gasteiger partial charge in [0.2, 0.25) is 0 Å². The van der Waals surface area contributed by atoms with Crippen molar-refractivity contribution in [1.82, 2.24) is 4.98 Å². The van der Waals surface area contributed by atoms with Crippen molar-refractivity contribution >= 4 is 17.4 Å². The molecule has 0 aliphatic carbocycles. The van der Waals surface area contributed by atoms with Crippen molar-refractivity contribution in [1.29, 1.82) is 0 Å². The standard InChI is InChI=1S/C12H11ClN2O2/c13-11-2-1-3-12(15-11)14-7-8-4-5-9(16)6-10(8)17/h1-6,16-17H,7H2,(H,14,15). The Morgan fingerprint density at radius 2 is 2.00 bits per heavy atom. The molecule has 0 unspecified atom stereocenters. The Bertz CT molecular complexity index is 532. The van der Waals surface area contributed by atoms with Crippen LogP contribution in [0, 0.1) is 0 Å². The second kappa shape index (κ2) is 4.93. The normalized spacial score (nSPS) is 10.2. The van der Waals surface area contributed by atoms with Crippen molar-refractivity contribution in [2.24, 2.45) is 0 Å². The van der Waals surface area contributed by atoms with Crippen LogP contribution in [0.25, 0.3) is 0 Å². The van der Waals surface area contributed by atoms with Crippen LogP contribution >= 0.6 is 11.6 Å². The van der Waals surface area contributed by atoms with Gasteiger partial charge < -0.3 is 15.5 Å². The van der Waals surface area contributed by atoms with Crippen LogP contribution in [-0.2, 0) is 6.54 Å². The lowest BCUT2D eigenvalue weighted by atomic mass is 10.2. The van der Waals surface area contributed by atoms with Crippen molar-refractivity contribution in [3.8, 4) is 11.5 Å². The number of aromatic nitrogens is 1. The van der Waals surface area contributed by atoms with Crippen LogP contribution in [0.3, 0.4) is 0 Å². The van der Waals surface area contributed by atoms with Gasteiger partial charge in [0.1, 0.15) is 22.5 Å². The number of benzene rings is 1. The highest BCUT2D eigenvalue weighted by Gasteiger charge is 2.02. The number of aromatic hydroxyl groups is 2. The van der Waals surface area contributed by atoms with E-state index in [4.69, 9.17) is 16.7 Å². The summed E-state index contributed by atoms with van der Waals surface area (Å²) in [5.74, 6) is 0.705. The van der Waals surface area contributed by atoms with Crippen LogP contribution in [0.15, 0.2) is 36.4 Å². The van der Waals surface area contributed by atoms with Gasteiger partial charge in [0.05, 0.1) is 0 Å². The third kappa shape index (κ3) is 3.01. The minimum absolute atomic E-state index is 0.0344. The number of nitrogens with one attached hydrogen (secondary N) is 1. The molecular weight excluding hydrogens is 240 g/mol. The van der Waals surface area contributed by atoms with Gasteiger partial charge >= 0.3 is 0 Å². The second-order valence-electron chi connectivity index (χ2n) is 3.51. The summed E-state index contributed by atoms with van der Waals surface area (Å²) in [4.78, 5) is 4.06. The van der Waals surface area contributed by atoms with Gasteiger partial charge in [0, 0.05) is 18.2 Å². The molecule has 0 saturated heterocycles. The second-order valence-corrected chi connectivity index (χ2v) is 3.90. The number of hydrogen-bond acceptors (Lipinski definition) is 4. The van der Waals surface area contributed by atoms with Crippen molar-refractivity contribution in [2.75, 3.05) is 5.32 Å². The van der Waals surface area contributed by atoms with Crippen molar-refractivity contribution in [3.63, 3.8) is 0 Å². The zero-order chi connectivity index (χ0) is 12.3. The topological polar surface area (TPSA) is 65.4 Å². The van der Waals surface area contributed by atoms with Gasteiger partial charge in [-0.3, -0.25) is 0 Å². The molecule has 1 aromatic carbocycles. The van der Waals surface area contributed by atoms with Gasteiger partial charge in [0.15, 0.2) is 0 Å². The lowest BCUT2D eigenvalue weighted by Crippen LogP contribution is -2.01. The van der Waals surface area contributed by atoms with Crippen LogP contribution in [0.5, 0.6) is 11.5 Å². The molecule has 5 heteroatoms. The van der Waals surface area contributed by atoms with Crippen LogP contribution in [0.4, 0.5) is 5.82 Å². The van der Waals surface area contributed by atoms with E-state index >= 15 is 0 Å². The number of nitrogens with zero attached hydrogens (tertiary/aromatic N) is 1. The summed E-state index contributed by atoms with van der Waals surface area (Å²) in [5, 5.41) is 22.2. The third-order valence-corrected chi connectivity index (χ3v) is 2.45. The van der Waals surface area contributed by atoms with Crippen LogP contribution in [0.1, 0.15) is 5.56 Å². The van der Waals surface area contributed by atoms with Gasteiger partial charge in [-0.1, -0.05) is 17.7 Å². The number of phenols is 2. The average molecular weight is 251 g/mol. The van der Waals surface area contributed by atoms with Crippen molar-refractivity contribution < 1.29 is 10.2 Å². The van der Waals surface area contributed by atoms with E-state index in [1.165, 1.54) is 12.1 Å². The van der Waals surface area contributed by atoms with Gasteiger partial charge in [-0.2, -0.15) is 0 Å². The van der Waals surface area contributed by atoms with Crippen molar-refractivity contribution in [2.45, 2.75) is 6.54 Å². The Labute approximate surface area is 104 Å². The molecule has 3 N–H and O–H groups in total. The van der Waals surface area contributed by atoms with E-state index < -0.39 is 0 Å². The molecule has 17 heavy (non-hydrogen) atoms. The largest absolute Gasteiger partial charge is 0.508 e. The van der Waals surface area contributed by atoms with Gasteiger partial charge in [-0.05, 0) is 24.3 Å². The number of rotatable bonds is 3. The molecule has 0 aliphatic heterocycles. The molecule has 0 bridgehead atoms. The fourth-order valence-corrected chi connectivity index (χ4v) is 1.56. The first-order chi connectivity index (χ1) is 8.15. The van der Waals surface area contributed by atoms with E-state index in [0.29, 0.717) is 23.1 Å². The Balaban J connectivity index is 2.07. The summed E-state index contributed by atoms with van der Waals surface area (Å²) in [5.41, 5.74) is 0.671. The SMILES string of the molecule is Oc1ccc(CNc2cccc(Cl)n2)c(O)c1. The van der Waals surface area contributed by atoms with E-state index in [9.17, 15) is 5.11 Å². The summed E-state index contributed by atoms with van der Waals surface area (Å²) in [6, 6.07) is 9.70. The molecule has 0 aliphatic rings. The summed E-state index contributed by atoms with van der Waals surface area (Å²) in [6.07, 6.45) is 0. The first-order valence-electron chi connectivity index (χ1n) is 5.02. The highest BCUT2D eigenvalue weighted by Crippen LogP contribution is 2.23. The fourth-order valence-electron chi connectivity index (χ4n) is 1.39. The molecule has 0 amide bonds. The van der Waals surface area contributed by atoms with Crippen LogP contribution < -0.4 is 5.32 Å². The third-order valence-electron chi connectivity index (χ3n) is 2.24. The molecule has 4 nitrogen and oxygen atoms in total. The molecule has 88 valence electrons. The lowest BCUT2D eigenvalue weighted by molar-refractivity contribution is 0.446. The molecular formula is C12H11ClN2O2. The number of hydrogen-bond donors (Lipinski definition) is 3. The van der Waals surface area contributed by atoms with Crippen LogP contribution in [0.2, 0.25) is 5.15 Å². The zero-order valence-electron chi connectivity index (χ0n) is 8.89. The number of halogens is 1. The summed E-state index contributed by atoms with van der Waals surface area (Å²) < 4.78 is 0. The molecule has 1 heterocycles. The smallest absolute Gasteiger partial charge is 0.131 e. The monoisotopic (exact) mass is 250 g/mol. The fraction of sp³-hybridized carbons (Fsp3) is 0.0833. The average Bonchev–Trinajstić information content (AvgIpc) is 2.28. The molecule has 2 aromatic rings. The van der Waals surface area contributed by atoms with E-state index in [0.717, 1.165) is 0 Å². The molecule has 0 radical (unpaired) electrons. The summed E-state index contributed by atoms with van der Waals surface area (Å²) >= 11 is 5.75. The Kier molecular flexibility index (Phi) is 3.35. The van der Waals surface area contributed by atoms with Gasteiger partial charge in [-0.25, -0.2) is 4.98 Å². The maximum Gasteiger partial charge on any atom is 0.131 e. The molecule has 0 fully saturated rings. The molecule has 2 rings (SSSR count). The Hall–Kier alpha value is -1.94. The van der Waals surface area contributed by atoms with Crippen LogP contribution in [-0.4, -0.2) is 15.2 Å². The van der Waals surface area contributed by atoms with E-state index in [1.54, 1.807) is 24.3 Å². The predicted octanol–water partition coefficient (Wildman–Crippen LogP) is 2.76. The first kappa shape index (κ1) is 11.5. The number of anilines is 1. The highest BCUT2D eigenvalue weighted by atomic mass is 35.5. The van der Waals surface area contributed by atoms with Gasteiger partial charge in [-0.15, -0.1) is 0 Å². The Morgan fingerprint density at radius 1 is 1.18 bits per heavy atom. The molecule has 0 atom stereocenters.